The quantitative estimate of drug-likeness (QED) is 0.760. The van der Waals surface area contributed by atoms with E-state index in [0.717, 1.165) is 22.2 Å². The zero-order chi connectivity index (χ0) is 17.9. The van der Waals surface area contributed by atoms with Gasteiger partial charge in [-0.05, 0) is 36.8 Å². The van der Waals surface area contributed by atoms with Crippen LogP contribution in [-0.2, 0) is 11.3 Å². The van der Waals surface area contributed by atoms with Crippen LogP contribution in [0.3, 0.4) is 0 Å². The van der Waals surface area contributed by atoms with E-state index in [1.165, 1.54) is 0 Å². The van der Waals surface area contributed by atoms with E-state index in [0.29, 0.717) is 24.0 Å². The molecule has 0 saturated carbocycles. The van der Waals surface area contributed by atoms with Crippen molar-refractivity contribution in [1.29, 1.82) is 0 Å². The number of para-hydroxylation sites is 1. The molecule has 0 spiro atoms. The molecule has 1 aliphatic heterocycles. The Labute approximate surface area is 149 Å². The van der Waals surface area contributed by atoms with Gasteiger partial charge in [0, 0.05) is 6.54 Å². The van der Waals surface area contributed by atoms with Gasteiger partial charge in [-0.25, -0.2) is 4.98 Å². The monoisotopic (exact) mass is 351 g/mol. The third kappa shape index (κ3) is 3.37. The van der Waals surface area contributed by atoms with Crippen LogP contribution < -0.4 is 19.5 Å². The number of benzene rings is 2. The maximum atomic E-state index is 12.1. The normalized spacial score (nSPS) is 12.2. The summed E-state index contributed by atoms with van der Waals surface area (Å²) in [4.78, 5) is 20.8. The fraction of sp³-hybridized carbons (Fsp3) is 0.211. The van der Waals surface area contributed by atoms with Gasteiger partial charge in [0.1, 0.15) is 5.82 Å². The highest BCUT2D eigenvalue weighted by molar-refractivity contribution is 5.84. The van der Waals surface area contributed by atoms with Crippen molar-refractivity contribution < 1.29 is 19.0 Å². The number of hydrogen-bond donors (Lipinski definition) is 1. The summed E-state index contributed by atoms with van der Waals surface area (Å²) in [5.74, 6) is 2.18. The highest BCUT2D eigenvalue weighted by Gasteiger charge is 2.14. The summed E-state index contributed by atoms with van der Waals surface area (Å²) in [6, 6.07) is 13.1. The molecule has 4 rings (SSSR count). The van der Waals surface area contributed by atoms with Crippen molar-refractivity contribution in [3.05, 3.63) is 53.9 Å². The van der Waals surface area contributed by atoms with Gasteiger partial charge >= 0.3 is 0 Å². The fourth-order valence-electron chi connectivity index (χ4n) is 2.71. The molecular weight excluding hydrogens is 334 g/mol. The minimum absolute atomic E-state index is 0.120. The second kappa shape index (κ2) is 6.87. The Kier molecular flexibility index (Phi) is 4.27. The first-order valence-electron chi connectivity index (χ1n) is 8.20. The molecule has 0 radical (unpaired) electrons. The van der Waals surface area contributed by atoms with Gasteiger partial charge in [-0.3, -0.25) is 4.79 Å². The van der Waals surface area contributed by atoms with Crippen molar-refractivity contribution in [2.24, 2.45) is 0 Å². The summed E-state index contributed by atoms with van der Waals surface area (Å²) < 4.78 is 16.2. The molecule has 7 heteroatoms. The van der Waals surface area contributed by atoms with Gasteiger partial charge in [0.05, 0.1) is 10.9 Å². The maximum Gasteiger partial charge on any atom is 0.258 e. The lowest BCUT2D eigenvalue weighted by Gasteiger charge is -2.10. The van der Waals surface area contributed by atoms with Crippen LogP contribution in [0.1, 0.15) is 11.4 Å². The molecule has 3 aromatic rings. The van der Waals surface area contributed by atoms with Crippen molar-refractivity contribution in [3.63, 3.8) is 0 Å². The lowest BCUT2D eigenvalue weighted by atomic mass is 10.2. The Hall–Kier alpha value is -3.35. The first kappa shape index (κ1) is 16.1. The van der Waals surface area contributed by atoms with E-state index in [4.69, 9.17) is 14.2 Å². The molecule has 1 aliphatic rings. The molecule has 26 heavy (non-hydrogen) atoms. The van der Waals surface area contributed by atoms with Crippen molar-refractivity contribution in [1.82, 2.24) is 15.3 Å². The zero-order valence-electron chi connectivity index (χ0n) is 14.2. The number of ether oxygens (including phenoxy) is 3. The SMILES string of the molecule is Cc1nc(OCC(=O)NCc2ccc3c(c2)OCO3)c2ccccc2n1. The van der Waals surface area contributed by atoms with Gasteiger partial charge in [-0.2, -0.15) is 4.98 Å². The predicted molar refractivity (Wildman–Crippen MR) is 94.2 cm³/mol. The summed E-state index contributed by atoms with van der Waals surface area (Å²) in [5, 5.41) is 3.60. The van der Waals surface area contributed by atoms with Crippen LogP contribution in [0.5, 0.6) is 17.4 Å². The van der Waals surface area contributed by atoms with Gasteiger partial charge in [0.15, 0.2) is 18.1 Å². The fourth-order valence-corrected chi connectivity index (χ4v) is 2.71. The van der Waals surface area contributed by atoms with Crippen molar-refractivity contribution in [2.75, 3.05) is 13.4 Å². The van der Waals surface area contributed by atoms with Crippen LogP contribution in [0.2, 0.25) is 0 Å². The van der Waals surface area contributed by atoms with Gasteiger partial charge in [0.2, 0.25) is 12.7 Å². The summed E-state index contributed by atoms with van der Waals surface area (Å²) >= 11 is 0. The van der Waals surface area contributed by atoms with Crippen LogP contribution in [0.4, 0.5) is 0 Å². The van der Waals surface area contributed by atoms with Crippen LogP contribution in [-0.4, -0.2) is 29.3 Å². The number of aryl methyl sites for hydroxylation is 1. The average Bonchev–Trinajstić information content (AvgIpc) is 3.12. The Morgan fingerprint density at radius 2 is 2.00 bits per heavy atom. The number of hydrogen-bond acceptors (Lipinski definition) is 6. The molecule has 0 saturated heterocycles. The first-order valence-corrected chi connectivity index (χ1v) is 8.20. The molecule has 0 unspecified atom stereocenters. The molecule has 0 aliphatic carbocycles. The Balaban J connectivity index is 1.37. The Morgan fingerprint density at radius 3 is 2.92 bits per heavy atom. The highest BCUT2D eigenvalue weighted by atomic mass is 16.7. The van der Waals surface area contributed by atoms with E-state index in [-0.39, 0.29) is 19.3 Å². The second-order valence-corrected chi connectivity index (χ2v) is 5.85. The third-order valence-corrected chi connectivity index (χ3v) is 3.95. The number of carbonyl (C=O) groups excluding carboxylic acids is 1. The molecule has 0 fully saturated rings. The predicted octanol–water partition coefficient (Wildman–Crippen LogP) is 2.36. The highest BCUT2D eigenvalue weighted by Crippen LogP contribution is 2.32. The van der Waals surface area contributed by atoms with Gasteiger partial charge in [0.25, 0.3) is 5.91 Å². The first-order chi connectivity index (χ1) is 12.7. The standard InChI is InChI=1S/C19H17N3O4/c1-12-21-15-5-3-2-4-14(15)19(22-12)24-10-18(23)20-9-13-6-7-16-17(8-13)26-11-25-16/h2-8H,9-11H2,1H3,(H,20,23). The lowest BCUT2D eigenvalue weighted by molar-refractivity contribution is -0.123. The number of aromatic nitrogens is 2. The van der Waals surface area contributed by atoms with E-state index < -0.39 is 0 Å². The van der Waals surface area contributed by atoms with Crippen LogP contribution in [0.25, 0.3) is 10.9 Å². The lowest BCUT2D eigenvalue weighted by Crippen LogP contribution is -2.28. The average molecular weight is 351 g/mol. The van der Waals surface area contributed by atoms with Gasteiger partial charge in [-0.1, -0.05) is 18.2 Å². The van der Waals surface area contributed by atoms with E-state index in [1.54, 1.807) is 6.92 Å². The summed E-state index contributed by atoms with van der Waals surface area (Å²) in [6.45, 7) is 2.28. The second-order valence-electron chi connectivity index (χ2n) is 5.85. The van der Waals surface area contributed by atoms with Crippen LogP contribution in [0, 0.1) is 6.92 Å². The number of fused-ring (bicyclic) bond motifs is 2. The number of nitrogens with zero attached hydrogens (tertiary/aromatic N) is 2. The minimum Gasteiger partial charge on any atom is -0.467 e. The van der Waals surface area contributed by atoms with Crippen molar-refractivity contribution >= 4 is 16.8 Å². The van der Waals surface area contributed by atoms with E-state index in [1.807, 2.05) is 42.5 Å². The molecular formula is C19H17N3O4. The van der Waals surface area contributed by atoms with Crippen LogP contribution >= 0.6 is 0 Å². The molecule has 1 amide bonds. The number of carbonyl (C=O) groups is 1. The zero-order valence-corrected chi connectivity index (χ0v) is 14.2. The Bertz CT molecular complexity index is 974. The summed E-state index contributed by atoms with van der Waals surface area (Å²) in [6.07, 6.45) is 0. The number of amides is 1. The molecule has 7 nitrogen and oxygen atoms in total. The molecule has 1 N–H and O–H groups in total. The molecule has 1 aromatic heterocycles. The van der Waals surface area contributed by atoms with Crippen LogP contribution in [0.15, 0.2) is 42.5 Å². The van der Waals surface area contributed by atoms with E-state index >= 15 is 0 Å². The minimum atomic E-state index is -0.233. The van der Waals surface area contributed by atoms with Crippen molar-refractivity contribution in [3.8, 4) is 17.4 Å². The summed E-state index contributed by atoms with van der Waals surface area (Å²) in [7, 11) is 0. The number of nitrogens with one attached hydrogen (secondary N) is 1. The maximum absolute atomic E-state index is 12.1. The van der Waals surface area contributed by atoms with Crippen molar-refractivity contribution in [2.45, 2.75) is 13.5 Å². The molecule has 2 aromatic carbocycles. The van der Waals surface area contributed by atoms with E-state index in [2.05, 4.69) is 15.3 Å². The van der Waals surface area contributed by atoms with Gasteiger partial charge in [-0.15, -0.1) is 0 Å². The molecule has 0 atom stereocenters. The largest absolute Gasteiger partial charge is 0.467 e. The van der Waals surface area contributed by atoms with E-state index in [9.17, 15) is 4.79 Å². The smallest absolute Gasteiger partial charge is 0.258 e. The number of rotatable bonds is 5. The van der Waals surface area contributed by atoms with Gasteiger partial charge < -0.3 is 19.5 Å². The molecule has 0 bridgehead atoms. The third-order valence-electron chi connectivity index (χ3n) is 3.95. The molecule has 2 heterocycles. The Morgan fingerprint density at radius 1 is 1.15 bits per heavy atom. The molecule has 132 valence electrons. The summed E-state index contributed by atoms with van der Waals surface area (Å²) in [5.41, 5.74) is 1.71. The topological polar surface area (TPSA) is 82.6 Å².